The minimum absolute atomic E-state index is 0.582. The summed E-state index contributed by atoms with van der Waals surface area (Å²) in [6.45, 7) is 0.995. The molecule has 104 valence electrons. The summed E-state index contributed by atoms with van der Waals surface area (Å²) in [5.74, 6) is 0. The molecule has 1 N–H and O–H groups in total. The van der Waals surface area contributed by atoms with Gasteiger partial charge in [-0.05, 0) is 13.0 Å². The number of para-hydroxylation sites is 1. The molecule has 1 atom stereocenters. The van der Waals surface area contributed by atoms with Gasteiger partial charge in [-0.3, -0.25) is 15.0 Å². The van der Waals surface area contributed by atoms with Crippen LogP contribution in [0.2, 0.25) is 0 Å². The van der Waals surface area contributed by atoms with Crippen LogP contribution in [0.25, 0.3) is 0 Å². The lowest BCUT2D eigenvalue weighted by atomic mass is 10.3. The second kappa shape index (κ2) is 5.63. The van der Waals surface area contributed by atoms with Gasteiger partial charge >= 0.3 is 6.16 Å². The normalized spacial score (nSPS) is 12.7. The standard InChI is InChI=1S/C9H9NO8S/c1-6(17-18-9(11)12)19(15,16)8-5-3-2-4-7(8)10(13)14/h2-6H,1H3,(H,11,12). The minimum Gasteiger partial charge on any atom is -0.448 e. The van der Waals surface area contributed by atoms with Crippen molar-refractivity contribution in [2.24, 2.45) is 0 Å². The second-order valence-electron chi connectivity index (χ2n) is 3.28. The second-order valence-corrected chi connectivity index (χ2v) is 5.48. The molecular weight excluding hydrogens is 282 g/mol. The Bertz CT molecular complexity index is 596. The van der Waals surface area contributed by atoms with Crippen molar-refractivity contribution in [1.29, 1.82) is 0 Å². The van der Waals surface area contributed by atoms with Gasteiger partial charge in [-0.15, -0.1) is 0 Å². The van der Waals surface area contributed by atoms with E-state index >= 15 is 0 Å². The van der Waals surface area contributed by atoms with Crippen molar-refractivity contribution in [2.45, 2.75) is 17.3 Å². The highest BCUT2D eigenvalue weighted by Gasteiger charge is 2.32. The number of nitrogens with zero attached hydrogens (tertiary/aromatic N) is 1. The molecule has 19 heavy (non-hydrogen) atoms. The van der Waals surface area contributed by atoms with E-state index in [0.29, 0.717) is 0 Å². The minimum atomic E-state index is -4.26. The van der Waals surface area contributed by atoms with Crippen molar-refractivity contribution < 1.29 is 33.0 Å². The predicted octanol–water partition coefficient (Wildman–Crippen LogP) is 1.34. The van der Waals surface area contributed by atoms with Crippen LogP contribution in [0.15, 0.2) is 29.2 Å². The zero-order valence-electron chi connectivity index (χ0n) is 9.55. The third kappa shape index (κ3) is 3.39. The fourth-order valence-electron chi connectivity index (χ4n) is 1.19. The summed E-state index contributed by atoms with van der Waals surface area (Å²) in [6.07, 6.45) is -1.83. The smallest absolute Gasteiger partial charge is 0.448 e. The SMILES string of the molecule is CC(OOC(=O)O)S(=O)(=O)c1ccccc1[N+](=O)[O-]. The number of nitro benzene ring substituents is 1. The molecular formula is C9H9NO8S. The lowest BCUT2D eigenvalue weighted by molar-refractivity contribution is -0.387. The van der Waals surface area contributed by atoms with E-state index in [1.807, 2.05) is 0 Å². The first-order valence-corrected chi connectivity index (χ1v) is 6.35. The number of carboxylic acid groups (broad SMARTS) is 1. The van der Waals surface area contributed by atoms with Gasteiger partial charge in [0, 0.05) is 6.07 Å². The first-order chi connectivity index (χ1) is 8.76. The van der Waals surface area contributed by atoms with Crippen molar-refractivity contribution in [3.63, 3.8) is 0 Å². The van der Waals surface area contributed by atoms with Crippen molar-refractivity contribution >= 4 is 21.7 Å². The first-order valence-electron chi connectivity index (χ1n) is 4.80. The summed E-state index contributed by atoms with van der Waals surface area (Å²) in [5.41, 5.74) is -2.35. The van der Waals surface area contributed by atoms with Gasteiger partial charge in [-0.2, -0.15) is 4.89 Å². The molecule has 0 spiro atoms. The third-order valence-corrected chi connectivity index (χ3v) is 3.97. The average Bonchev–Trinajstić information content (AvgIpc) is 2.35. The predicted molar refractivity (Wildman–Crippen MR) is 59.9 cm³/mol. The van der Waals surface area contributed by atoms with E-state index < -0.39 is 36.9 Å². The molecule has 0 saturated carbocycles. The van der Waals surface area contributed by atoms with Gasteiger partial charge in [0.1, 0.15) is 4.90 Å². The number of sulfone groups is 1. The van der Waals surface area contributed by atoms with Crippen molar-refractivity contribution in [1.82, 2.24) is 0 Å². The Morgan fingerprint density at radius 2 is 2.00 bits per heavy atom. The Balaban J connectivity index is 3.13. The molecule has 0 aromatic heterocycles. The van der Waals surface area contributed by atoms with Gasteiger partial charge in [0.15, 0.2) is 0 Å². The lowest BCUT2D eigenvalue weighted by Gasteiger charge is -2.11. The molecule has 0 aliphatic carbocycles. The molecule has 1 aromatic carbocycles. The highest BCUT2D eigenvalue weighted by atomic mass is 32.2. The maximum atomic E-state index is 12.0. The molecule has 0 amide bonds. The quantitative estimate of drug-likeness (QED) is 0.488. The van der Waals surface area contributed by atoms with Crippen molar-refractivity contribution in [3.05, 3.63) is 34.4 Å². The van der Waals surface area contributed by atoms with E-state index in [2.05, 4.69) is 9.78 Å². The zero-order chi connectivity index (χ0) is 14.6. The summed E-state index contributed by atoms with van der Waals surface area (Å²) in [7, 11) is -4.26. The van der Waals surface area contributed by atoms with Crippen molar-refractivity contribution in [2.75, 3.05) is 0 Å². The molecule has 0 bridgehead atoms. The molecule has 0 fully saturated rings. The van der Waals surface area contributed by atoms with E-state index in [-0.39, 0.29) is 0 Å². The van der Waals surface area contributed by atoms with Crippen LogP contribution in [-0.2, 0) is 19.6 Å². The number of hydrogen-bond acceptors (Lipinski definition) is 7. The Hall–Kier alpha value is -2.20. The fourth-order valence-corrected chi connectivity index (χ4v) is 2.39. The Morgan fingerprint density at radius 1 is 1.42 bits per heavy atom. The highest BCUT2D eigenvalue weighted by molar-refractivity contribution is 7.92. The molecule has 0 aliphatic heterocycles. The number of carbonyl (C=O) groups is 1. The Labute approximate surface area is 107 Å². The summed E-state index contributed by atoms with van der Waals surface area (Å²) >= 11 is 0. The van der Waals surface area contributed by atoms with E-state index in [1.165, 1.54) is 12.1 Å². The van der Waals surface area contributed by atoms with Crippen LogP contribution >= 0.6 is 0 Å². The van der Waals surface area contributed by atoms with Gasteiger partial charge in [0.05, 0.1) is 4.92 Å². The first kappa shape index (κ1) is 14.9. The molecule has 0 heterocycles. The largest absolute Gasteiger partial charge is 0.537 e. The van der Waals surface area contributed by atoms with Crippen LogP contribution in [0.5, 0.6) is 0 Å². The number of rotatable bonds is 5. The highest BCUT2D eigenvalue weighted by Crippen LogP contribution is 2.26. The average molecular weight is 291 g/mol. The van der Waals surface area contributed by atoms with Crippen LogP contribution in [0.1, 0.15) is 6.92 Å². The van der Waals surface area contributed by atoms with E-state index in [0.717, 1.165) is 19.1 Å². The summed E-state index contributed by atoms with van der Waals surface area (Å²) in [6, 6.07) is 4.63. The molecule has 1 aromatic rings. The van der Waals surface area contributed by atoms with Gasteiger partial charge in [0.2, 0.25) is 15.3 Å². The van der Waals surface area contributed by atoms with Crippen LogP contribution < -0.4 is 0 Å². The van der Waals surface area contributed by atoms with Crippen LogP contribution in [-0.4, -0.2) is 30.0 Å². The van der Waals surface area contributed by atoms with Gasteiger partial charge in [0.25, 0.3) is 5.69 Å². The molecule has 10 heteroatoms. The van der Waals surface area contributed by atoms with Crippen LogP contribution in [0, 0.1) is 10.1 Å². The van der Waals surface area contributed by atoms with E-state index in [9.17, 15) is 23.3 Å². The molecule has 0 saturated heterocycles. The Kier molecular flexibility index (Phi) is 4.40. The molecule has 0 aliphatic rings. The third-order valence-electron chi connectivity index (χ3n) is 2.06. The van der Waals surface area contributed by atoms with Gasteiger partial charge in [-0.25, -0.2) is 13.2 Å². The zero-order valence-corrected chi connectivity index (χ0v) is 10.4. The lowest BCUT2D eigenvalue weighted by Crippen LogP contribution is -2.23. The Morgan fingerprint density at radius 3 is 2.53 bits per heavy atom. The number of hydrogen-bond donors (Lipinski definition) is 1. The molecule has 0 radical (unpaired) electrons. The molecule has 1 unspecified atom stereocenters. The van der Waals surface area contributed by atoms with E-state index in [4.69, 9.17) is 5.11 Å². The van der Waals surface area contributed by atoms with E-state index in [1.54, 1.807) is 0 Å². The number of nitro groups is 1. The summed E-state index contributed by atoms with van der Waals surface area (Å²) in [4.78, 5) is 27.2. The molecule has 1 rings (SSSR count). The van der Waals surface area contributed by atoms with Gasteiger partial charge < -0.3 is 5.11 Å². The maximum Gasteiger partial charge on any atom is 0.537 e. The topological polar surface area (TPSA) is 133 Å². The van der Waals surface area contributed by atoms with Gasteiger partial charge in [-0.1, -0.05) is 12.1 Å². The van der Waals surface area contributed by atoms with Crippen molar-refractivity contribution in [3.8, 4) is 0 Å². The number of benzene rings is 1. The summed E-state index contributed by atoms with van der Waals surface area (Å²) < 4.78 is 23.9. The maximum absolute atomic E-state index is 12.0. The van der Waals surface area contributed by atoms with Crippen LogP contribution in [0.4, 0.5) is 10.5 Å². The van der Waals surface area contributed by atoms with Crippen LogP contribution in [0.3, 0.4) is 0 Å². The summed E-state index contributed by atoms with van der Waals surface area (Å²) in [5, 5.41) is 18.9. The fraction of sp³-hybridized carbons (Fsp3) is 0.222. The molecule has 9 nitrogen and oxygen atoms in total. The monoisotopic (exact) mass is 291 g/mol.